The highest BCUT2D eigenvalue weighted by atomic mass is 14.4. The first-order valence-corrected chi connectivity index (χ1v) is 34.0. The number of unbranched alkanes of at least 4 members (excludes halogenated alkanes) is 11. The van der Waals surface area contributed by atoms with E-state index in [9.17, 15) is 0 Å². The maximum atomic E-state index is 2.53. The summed E-state index contributed by atoms with van der Waals surface area (Å²) in [4.78, 5) is 0. The standard InChI is InChI=1S/C20H38.C18H34.C17H32.C16H30.4CH4/c1-19(15-9-10-16-19)13-7-5-3-4-6-8-14-20(2)17-11-12-18-20;1-17(13-7-8-14-17)11-5-3-4-6-12-18(2)15-9-10-16-18;1-16(12-6-7-13-16)10-4-3-5-11-17(2)14-8-9-15-17;1-15(9-3-4-10-15)13-7-8-14-16(2)11-5-6-12-16;;;;/h3-18H2,1-2H3;3-16H2,1-2H3;3-15H2,1-2H3;3-14H2,1-2H3;4*1H4. The normalized spacial score (nSPS) is 24.5. The van der Waals surface area contributed by atoms with Crippen LogP contribution in [-0.4, -0.2) is 0 Å². The van der Waals surface area contributed by atoms with Crippen molar-refractivity contribution < 1.29 is 0 Å². The molecule has 0 saturated heterocycles. The van der Waals surface area contributed by atoms with Crippen molar-refractivity contribution in [1.29, 1.82) is 0 Å². The third kappa shape index (κ3) is 29.0. The topological polar surface area (TPSA) is 0 Å². The second-order valence-electron chi connectivity index (χ2n) is 31.4. The molecule has 0 spiro atoms. The van der Waals surface area contributed by atoms with Crippen LogP contribution in [0.1, 0.15) is 438 Å². The molecular formula is C75H150. The van der Waals surface area contributed by atoms with Gasteiger partial charge < -0.3 is 0 Å². The number of rotatable bonds is 27. The van der Waals surface area contributed by atoms with Crippen LogP contribution in [0.15, 0.2) is 0 Å². The fraction of sp³-hybridized carbons (Fsp3) is 1.00. The highest BCUT2D eigenvalue weighted by molar-refractivity contribution is 4.86. The van der Waals surface area contributed by atoms with Gasteiger partial charge in [-0.1, -0.05) is 284 Å². The van der Waals surface area contributed by atoms with Crippen molar-refractivity contribution in [1.82, 2.24) is 0 Å². The average molecular weight is 1050 g/mol. The van der Waals surface area contributed by atoms with Gasteiger partial charge in [0.2, 0.25) is 0 Å². The fourth-order valence-corrected chi connectivity index (χ4v) is 17.5. The SMILES string of the molecule is C.C.C.C.CC1(CCCCC2(C)CCCC2)CCCC1.CC1(CCCCCC2(C)CCCC2)CCCC1.CC1(CCCCCCC2(C)CCCC2)CCCC1.CC1(CCCCCCCCC2(C)CCCC2)CCCC1. The zero-order chi connectivity index (χ0) is 50.9. The first kappa shape index (κ1) is 73.0. The highest BCUT2D eigenvalue weighted by Crippen LogP contribution is 2.48. The van der Waals surface area contributed by atoms with Gasteiger partial charge in [0.15, 0.2) is 0 Å². The van der Waals surface area contributed by atoms with Crippen LogP contribution in [0.25, 0.3) is 0 Å². The van der Waals surface area contributed by atoms with Crippen LogP contribution in [0, 0.1) is 43.3 Å². The Labute approximate surface area is 479 Å². The molecule has 0 aliphatic heterocycles. The van der Waals surface area contributed by atoms with Gasteiger partial charge in [-0.2, -0.15) is 0 Å². The lowest BCUT2D eigenvalue weighted by Crippen LogP contribution is -2.13. The molecule has 0 atom stereocenters. The van der Waals surface area contributed by atoms with Gasteiger partial charge in [-0.3, -0.25) is 0 Å². The summed E-state index contributed by atoms with van der Waals surface area (Å²) in [6.07, 6.45) is 82.4. The fourth-order valence-electron chi connectivity index (χ4n) is 17.5. The Morgan fingerprint density at radius 3 is 0.347 bits per heavy atom. The molecule has 0 aromatic carbocycles. The summed E-state index contributed by atoms with van der Waals surface area (Å²) < 4.78 is 0. The summed E-state index contributed by atoms with van der Waals surface area (Å²) in [5.74, 6) is 0. The molecule has 0 N–H and O–H groups in total. The van der Waals surface area contributed by atoms with E-state index in [4.69, 9.17) is 0 Å². The first-order valence-electron chi connectivity index (χ1n) is 34.0. The molecule has 0 aromatic heterocycles. The minimum Gasteiger partial charge on any atom is -0.0776 e. The van der Waals surface area contributed by atoms with Crippen molar-refractivity contribution in [3.8, 4) is 0 Å². The summed E-state index contributed by atoms with van der Waals surface area (Å²) >= 11 is 0. The molecule has 0 aromatic rings. The monoisotopic (exact) mass is 1050 g/mol. The van der Waals surface area contributed by atoms with Crippen molar-refractivity contribution in [2.45, 2.75) is 438 Å². The van der Waals surface area contributed by atoms with Gasteiger partial charge in [-0.25, -0.2) is 0 Å². The molecule has 0 heteroatoms. The summed E-state index contributed by atoms with van der Waals surface area (Å²) in [5, 5.41) is 0. The van der Waals surface area contributed by atoms with Crippen LogP contribution in [0.4, 0.5) is 0 Å². The van der Waals surface area contributed by atoms with E-state index >= 15 is 0 Å². The minimum absolute atomic E-state index is 0. The third-order valence-corrected chi connectivity index (χ3v) is 23.5. The van der Waals surface area contributed by atoms with E-state index in [0.717, 1.165) is 43.3 Å². The van der Waals surface area contributed by atoms with E-state index in [1.165, 1.54) is 353 Å². The molecule has 0 bridgehead atoms. The van der Waals surface area contributed by atoms with Gasteiger partial charge in [-0.05, 0) is 197 Å². The average Bonchev–Trinajstić information content (AvgIpc) is 4.20. The third-order valence-electron chi connectivity index (χ3n) is 23.5. The smallest absolute Gasteiger partial charge is 0.0326 e. The number of hydrogen-bond donors (Lipinski definition) is 0. The lowest BCUT2D eigenvalue weighted by Gasteiger charge is -2.26. The van der Waals surface area contributed by atoms with Crippen LogP contribution >= 0.6 is 0 Å². The van der Waals surface area contributed by atoms with Gasteiger partial charge in [0, 0.05) is 0 Å². The molecule has 0 nitrogen and oxygen atoms in total. The van der Waals surface area contributed by atoms with Gasteiger partial charge in [0.05, 0.1) is 0 Å². The van der Waals surface area contributed by atoms with Crippen molar-refractivity contribution in [3.63, 3.8) is 0 Å². The van der Waals surface area contributed by atoms with Crippen LogP contribution in [0.2, 0.25) is 0 Å². The first-order chi connectivity index (χ1) is 34.0. The van der Waals surface area contributed by atoms with E-state index in [-0.39, 0.29) is 29.7 Å². The van der Waals surface area contributed by atoms with Crippen LogP contribution in [0.3, 0.4) is 0 Å². The summed E-state index contributed by atoms with van der Waals surface area (Å²) in [5.41, 5.74) is 5.87. The van der Waals surface area contributed by atoms with Crippen molar-refractivity contribution in [2.24, 2.45) is 43.3 Å². The molecule has 8 rings (SSSR count). The second-order valence-corrected chi connectivity index (χ2v) is 31.4. The molecule has 8 fully saturated rings. The zero-order valence-corrected chi connectivity index (χ0v) is 50.9. The van der Waals surface area contributed by atoms with Crippen molar-refractivity contribution in [3.05, 3.63) is 0 Å². The highest BCUT2D eigenvalue weighted by Gasteiger charge is 2.34. The molecule has 8 aliphatic rings. The molecule has 0 unspecified atom stereocenters. The molecule has 8 saturated carbocycles. The van der Waals surface area contributed by atoms with Crippen LogP contribution in [0.5, 0.6) is 0 Å². The quantitative estimate of drug-likeness (QED) is 0.0719. The maximum absolute atomic E-state index is 2.53. The van der Waals surface area contributed by atoms with Crippen LogP contribution < -0.4 is 0 Å². The lowest BCUT2D eigenvalue weighted by atomic mass is 9.80. The van der Waals surface area contributed by atoms with E-state index in [1.54, 1.807) is 0 Å². The summed E-state index contributed by atoms with van der Waals surface area (Å²) in [6.45, 7) is 20.2. The van der Waals surface area contributed by atoms with Gasteiger partial charge in [0.1, 0.15) is 0 Å². The van der Waals surface area contributed by atoms with Crippen molar-refractivity contribution in [2.75, 3.05) is 0 Å². The van der Waals surface area contributed by atoms with E-state index in [2.05, 4.69) is 55.4 Å². The molecular weight excluding hydrogens is 901 g/mol. The second kappa shape index (κ2) is 37.2. The summed E-state index contributed by atoms with van der Waals surface area (Å²) in [7, 11) is 0. The molecule has 0 radical (unpaired) electrons. The molecule has 0 amide bonds. The predicted octanol–water partition coefficient (Wildman–Crippen LogP) is 28.1. The van der Waals surface area contributed by atoms with Gasteiger partial charge in [-0.15, -0.1) is 0 Å². The maximum Gasteiger partial charge on any atom is -0.0326 e. The Balaban J connectivity index is 0.000000493. The Kier molecular flexibility index (Phi) is 36.2. The Morgan fingerprint density at radius 1 is 0.147 bits per heavy atom. The van der Waals surface area contributed by atoms with Crippen molar-refractivity contribution >= 4 is 0 Å². The number of hydrogen-bond acceptors (Lipinski definition) is 0. The van der Waals surface area contributed by atoms with E-state index < -0.39 is 0 Å². The zero-order valence-electron chi connectivity index (χ0n) is 50.9. The minimum atomic E-state index is 0. The van der Waals surface area contributed by atoms with Crippen LogP contribution in [-0.2, 0) is 0 Å². The largest absolute Gasteiger partial charge is 0.0776 e. The Bertz CT molecular complexity index is 1210. The summed E-state index contributed by atoms with van der Waals surface area (Å²) in [6, 6.07) is 0. The van der Waals surface area contributed by atoms with E-state index in [0.29, 0.717) is 0 Å². The van der Waals surface area contributed by atoms with Gasteiger partial charge in [0.25, 0.3) is 0 Å². The lowest BCUT2D eigenvalue weighted by molar-refractivity contribution is 0.261. The Hall–Kier alpha value is 0. The molecule has 8 aliphatic carbocycles. The van der Waals surface area contributed by atoms with E-state index in [1.807, 2.05) is 0 Å². The molecule has 0 heterocycles. The Morgan fingerprint density at radius 2 is 0.227 bits per heavy atom. The van der Waals surface area contributed by atoms with Gasteiger partial charge >= 0.3 is 0 Å². The molecule has 450 valence electrons. The molecule has 75 heavy (non-hydrogen) atoms. The predicted molar refractivity (Wildman–Crippen MR) is 346 cm³/mol.